The Hall–Kier alpha value is 0.280. The van der Waals surface area contributed by atoms with E-state index in [1.54, 1.807) is 11.3 Å². The molecular formula is C9H13IN2OS. The molecule has 0 aliphatic heterocycles. The highest BCUT2D eigenvalue weighted by Crippen LogP contribution is 2.49. The zero-order valence-corrected chi connectivity index (χ0v) is 10.7. The fourth-order valence-corrected chi connectivity index (χ4v) is 3.47. The van der Waals surface area contributed by atoms with Crippen LogP contribution in [0.3, 0.4) is 0 Å². The van der Waals surface area contributed by atoms with Gasteiger partial charge in [0, 0.05) is 5.41 Å². The minimum absolute atomic E-state index is 0.0824. The first kappa shape index (κ1) is 10.8. The smallest absolute Gasteiger partial charge is 0.111 e. The normalized spacial score (nSPS) is 21.6. The number of nitrogens with two attached hydrogens (primary N) is 1. The summed E-state index contributed by atoms with van der Waals surface area (Å²) >= 11 is 3.87. The molecule has 1 fully saturated rings. The number of aromatic nitrogens is 1. The molecule has 3 nitrogen and oxygen atoms in total. The van der Waals surface area contributed by atoms with E-state index in [2.05, 4.69) is 27.6 Å². The molecule has 0 aromatic carbocycles. The van der Waals surface area contributed by atoms with E-state index in [0.29, 0.717) is 0 Å². The van der Waals surface area contributed by atoms with Crippen molar-refractivity contribution in [2.45, 2.75) is 25.3 Å². The molecule has 2 rings (SSSR count). The number of rotatable bonds is 3. The molecule has 14 heavy (non-hydrogen) atoms. The Bertz CT molecular complexity index is 319. The van der Waals surface area contributed by atoms with Crippen molar-refractivity contribution >= 4 is 33.9 Å². The SMILES string of the molecule is NC(c1ncc(I)s1)C1(CO)CCC1. The van der Waals surface area contributed by atoms with Crippen LogP contribution in [-0.4, -0.2) is 16.7 Å². The molecule has 0 bridgehead atoms. The lowest BCUT2D eigenvalue weighted by Crippen LogP contribution is -2.43. The Labute approximate surface area is 101 Å². The van der Waals surface area contributed by atoms with Gasteiger partial charge in [-0.1, -0.05) is 6.42 Å². The molecule has 5 heteroatoms. The summed E-state index contributed by atoms with van der Waals surface area (Å²) in [6.45, 7) is 0.185. The van der Waals surface area contributed by atoms with Gasteiger partial charge in [0.25, 0.3) is 0 Å². The van der Waals surface area contributed by atoms with Crippen LogP contribution in [0.25, 0.3) is 0 Å². The third-order valence-corrected chi connectivity index (χ3v) is 4.89. The van der Waals surface area contributed by atoms with Crippen LogP contribution in [0.2, 0.25) is 0 Å². The Balaban J connectivity index is 2.18. The van der Waals surface area contributed by atoms with Gasteiger partial charge in [0.15, 0.2) is 0 Å². The van der Waals surface area contributed by atoms with E-state index in [4.69, 9.17) is 5.73 Å². The van der Waals surface area contributed by atoms with Gasteiger partial charge >= 0.3 is 0 Å². The number of thiazole rings is 1. The van der Waals surface area contributed by atoms with Crippen LogP contribution in [0.15, 0.2) is 6.20 Å². The second-order valence-electron chi connectivity index (χ2n) is 3.85. The van der Waals surface area contributed by atoms with Crippen LogP contribution in [0.1, 0.15) is 30.3 Å². The molecule has 0 amide bonds. The fraction of sp³-hybridized carbons (Fsp3) is 0.667. The number of aliphatic hydroxyl groups excluding tert-OH is 1. The van der Waals surface area contributed by atoms with E-state index < -0.39 is 0 Å². The van der Waals surface area contributed by atoms with Gasteiger partial charge in [-0.05, 0) is 35.4 Å². The van der Waals surface area contributed by atoms with Crippen molar-refractivity contribution in [2.24, 2.45) is 11.1 Å². The minimum Gasteiger partial charge on any atom is -0.396 e. The topological polar surface area (TPSA) is 59.1 Å². The Morgan fingerprint density at radius 1 is 1.71 bits per heavy atom. The summed E-state index contributed by atoms with van der Waals surface area (Å²) in [5.41, 5.74) is 6.06. The zero-order chi connectivity index (χ0) is 10.2. The van der Waals surface area contributed by atoms with E-state index >= 15 is 0 Å². The lowest BCUT2D eigenvalue weighted by Gasteiger charge is -2.44. The first-order chi connectivity index (χ1) is 6.68. The predicted octanol–water partition coefficient (Wildman–Crippen LogP) is 1.91. The maximum Gasteiger partial charge on any atom is 0.111 e. The minimum atomic E-state index is -0.0882. The first-order valence-corrected chi connectivity index (χ1v) is 6.55. The van der Waals surface area contributed by atoms with Crippen molar-refractivity contribution in [1.29, 1.82) is 0 Å². The number of hydrogen-bond acceptors (Lipinski definition) is 4. The average Bonchev–Trinajstić information content (AvgIpc) is 2.50. The van der Waals surface area contributed by atoms with Crippen LogP contribution < -0.4 is 5.73 Å². The Morgan fingerprint density at radius 2 is 2.43 bits per heavy atom. The first-order valence-electron chi connectivity index (χ1n) is 4.66. The number of halogens is 1. The molecule has 1 aliphatic carbocycles. The molecular weight excluding hydrogens is 311 g/mol. The van der Waals surface area contributed by atoms with Crippen molar-refractivity contribution in [2.75, 3.05) is 6.61 Å². The highest BCUT2D eigenvalue weighted by Gasteiger charge is 2.43. The van der Waals surface area contributed by atoms with Crippen molar-refractivity contribution in [3.05, 3.63) is 14.1 Å². The molecule has 1 heterocycles. The van der Waals surface area contributed by atoms with Gasteiger partial charge in [-0.25, -0.2) is 4.98 Å². The standard InChI is InChI=1S/C9H13IN2OS/c10-6-4-12-8(14-6)7(11)9(5-13)2-1-3-9/h4,7,13H,1-3,5,11H2. The third kappa shape index (κ3) is 1.70. The summed E-state index contributed by atoms with van der Waals surface area (Å²) in [4.78, 5) is 4.29. The van der Waals surface area contributed by atoms with Crippen LogP contribution >= 0.6 is 33.9 Å². The van der Waals surface area contributed by atoms with Crippen LogP contribution in [0, 0.1) is 8.30 Å². The number of aliphatic hydroxyl groups is 1. The second-order valence-corrected chi connectivity index (χ2v) is 6.81. The Kier molecular flexibility index (Phi) is 3.11. The van der Waals surface area contributed by atoms with E-state index in [0.717, 1.165) is 20.7 Å². The molecule has 1 atom stereocenters. The van der Waals surface area contributed by atoms with Gasteiger partial charge in [0.1, 0.15) is 5.01 Å². The quantitative estimate of drug-likeness (QED) is 0.835. The van der Waals surface area contributed by atoms with E-state index in [1.807, 2.05) is 6.20 Å². The predicted molar refractivity (Wildman–Crippen MR) is 65.1 cm³/mol. The Morgan fingerprint density at radius 3 is 2.79 bits per heavy atom. The number of nitrogens with zero attached hydrogens (tertiary/aromatic N) is 1. The molecule has 0 saturated heterocycles. The largest absolute Gasteiger partial charge is 0.396 e. The number of hydrogen-bond donors (Lipinski definition) is 2. The molecule has 0 spiro atoms. The zero-order valence-electron chi connectivity index (χ0n) is 7.74. The maximum atomic E-state index is 9.37. The fourth-order valence-electron chi connectivity index (χ4n) is 1.87. The van der Waals surface area contributed by atoms with Crippen LogP contribution in [0.4, 0.5) is 0 Å². The highest BCUT2D eigenvalue weighted by molar-refractivity contribution is 14.1. The molecule has 1 aromatic rings. The van der Waals surface area contributed by atoms with Crippen LogP contribution in [0.5, 0.6) is 0 Å². The van der Waals surface area contributed by atoms with E-state index in [-0.39, 0.29) is 18.1 Å². The highest BCUT2D eigenvalue weighted by atomic mass is 127. The van der Waals surface area contributed by atoms with Gasteiger partial charge < -0.3 is 10.8 Å². The molecule has 0 radical (unpaired) electrons. The van der Waals surface area contributed by atoms with Gasteiger partial charge in [0.05, 0.1) is 21.7 Å². The lowest BCUT2D eigenvalue weighted by molar-refractivity contribution is 0.0183. The third-order valence-electron chi connectivity index (χ3n) is 3.09. The summed E-state index contributed by atoms with van der Waals surface area (Å²) in [6, 6.07) is -0.0882. The summed E-state index contributed by atoms with van der Waals surface area (Å²) in [5.74, 6) is 0. The van der Waals surface area contributed by atoms with Gasteiger partial charge in [-0.3, -0.25) is 0 Å². The monoisotopic (exact) mass is 324 g/mol. The van der Waals surface area contributed by atoms with E-state index in [1.165, 1.54) is 6.42 Å². The summed E-state index contributed by atoms with van der Waals surface area (Å²) in [5, 5.41) is 10.3. The summed E-state index contributed by atoms with van der Waals surface area (Å²) in [6.07, 6.45) is 5.07. The van der Waals surface area contributed by atoms with Gasteiger partial charge in [0.2, 0.25) is 0 Å². The van der Waals surface area contributed by atoms with Crippen molar-refractivity contribution in [3.63, 3.8) is 0 Å². The molecule has 3 N–H and O–H groups in total. The molecule has 1 unspecified atom stereocenters. The van der Waals surface area contributed by atoms with E-state index in [9.17, 15) is 5.11 Å². The van der Waals surface area contributed by atoms with Crippen molar-refractivity contribution in [3.8, 4) is 0 Å². The maximum absolute atomic E-state index is 9.37. The van der Waals surface area contributed by atoms with Crippen molar-refractivity contribution < 1.29 is 5.11 Å². The molecule has 1 saturated carbocycles. The molecule has 1 aliphatic rings. The molecule has 1 aromatic heterocycles. The van der Waals surface area contributed by atoms with Crippen molar-refractivity contribution in [1.82, 2.24) is 4.98 Å². The lowest BCUT2D eigenvalue weighted by atomic mass is 9.65. The summed E-state index contributed by atoms with van der Waals surface area (Å²) in [7, 11) is 0. The summed E-state index contributed by atoms with van der Waals surface area (Å²) < 4.78 is 1.15. The van der Waals surface area contributed by atoms with Gasteiger partial charge in [-0.2, -0.15) is 0 Å². The van der Waals surface area contributed by atoms with Gasteiger partial charge in [-0.15, -0.1) is 11.3 Å². The second kappa shape index (κ2) is 4.03. The average molecular weight is 324 g/mol. The molecule has 78 valence electrons. The van der Waals surface area contributed by atoms with Crippen LogP contribution in [-0.2, 0) is 0 Å².